The third kappa shape index (κ3) is 1.67. The highest BCUT2D eigenvalue weighted by Crippen LogP contribution is 2.13. The minimum absolute atomic E-state index is 0.164. The summed E-state index contributed by atoms with van der Waals surface area (Å²) in [5, 5.41) is 2.55. The number of hydrogen-bond acceptors (Lipinski definition) is 4. The zero-order chi connectivity index (χ0) is 8.20. The Morgan fingerprint density at radius 1 is 1.80 bits per heavy atom. The van der Waals surface area contributed by atoms with Crippen molar-refractivity contribution >= 4 is 17.6 Å². The molecule has 10 heavy (non-hydrogen) atoms. The van der Waals surface area contributed by atoms with Crippen molar-refractivity contribution in [3.05, 3.63) is 4.91 Å². The Morgan fingerprint density at radius 2 is 2.30 bits per heavy atom. The van der Waals surface area contributed by atoms with Crippen molar-refractivity contribution in [2.24, 2.45) is 5.18 Å². The molecule has 4 nitrogen and oxygen atoms in total. The fourth-order valence-electron chi connectivity index (χ4n) is 0.336. The summed E-state index contributed by atoms with van der Waals surface area (Å²) in [6.07, 6.45) is 0. The highest BCUT2D eigenvalue weighted by molar-refractivity contribution is 6.20. The van der Waals surface area contributed by atoms with Gasteiger partial charge in [-0.05, 0) is 6.92 Å². The summed E-state index contributed by atoms with van der Waals surface area (Å²) in [7, 11) is 1.18. The Labute approximate surface area is 63.5 Å². The number of carbonyl (C=O) groups is 1. The van der Waals surface area contributed by atoms with E-state index in [0.717, 1.165) is 0 Å². The molecule has 0 saturated heterocycles. The molecule has 0 aromatic rings. The van der Waals surface area contributed by atoms with Gasteiger partial charge < -0.3 is 4.74 Å². The van der Waals surface area contributed by atoms with Crippen LogP contribution in [0, 0.1) is 4.91 Å². The molecule has 0 amide bonds. The number of methoxy groups -OCH3 is 1. The first-order valence-electron chi connectivity index (χ1n) is 2.59. The Bertz CT molecular complexity index is 150. The molecular formula is C5H8ClNO3. The standard InChI is InChI=1S/C5H8ClNO3/c1-5(3-6,7-9)4(8)10-2/h3H2,1-2H3. The summed E-state index contributed by atoms with van der Waals surface area (Å²) >= 11 is 5.29. The molecule has 0 aromatic heterocycles. The summed E-state index contributed by atoms with van der Waals surface area (Å²) < 4.78 is 4.28. The highest BCUT2D eigenvalue weighted by atomic mass is 35.5. The Hall–Kier alpha value is -0.640. The largest absolute Gasteiger partial charge is 0.467 e. The highest BCUT2D eigenvalue weighted by Gasteiger charge is 2.35. The van der Waals surface area contributed by atoms with Crippen LogP contribution in [-0.2, 0) is 9.53 Å². The molecule has 0 spiro atoms. The lowest BCUT2D eigenvalue weighted by atomic mass is 10.1. The van der Waals surface area contributed by atoms with Crippen LogP contribution in [0.15, 0.2) is 5.18 Å². The third-order valence-corrected chi connectivity index (χ3v) is 1.61. The number of rotatable bonds is 3. The Kier molecular flexibility index (Phi) is 3.28. The average Bonchev–Trinajstić information content (AvgIpc) is 2.01. The van der Waals surface area contributed by atoms with Crippen LogP contribution in [-0.4, -0.2) is 24.5 Å². The summed E-state index contributed by atoms with van der Waals surface area (Å²) in [6, 6.07) is 0. The number of nitrogens with zero attached hydrogens (tertiary/aromatic N) is 1. The number of alkyl halides is 1. The summed E-state index contributed by atoms with van der Waals surface area (Å²) in [5.74, 6) is -0.874. The second kappa shape index (κ2) is 3.51. The summed E-state index contributed by atoms with van der Waals surface area (Å²) in [4.78, 5) is 20.7. The van der Waals surface area contributed by atoms with E-state index in [1.807, 2.05) is 0 Å². The number of carbonyl (C=O) groups excluding carboxylic acids is 1. The molecule has 0 aliphatic rings. The van der Waals surface area contributed by atoms with Crippen molar-refractivity contribution in [1.29, 1.82) is 0 Å². The van der Waals surface area contributed by atoms with E-state index in [4.69, 9.17) is 11.6 Å². The molecular weight excluding hydrogens is 158 g/mol. The van der Waals surface area contributed by atoms with Crippen LogP contribution in [0.5, 0.6) is 0 Å². The van der Waals surface area contributed by atoms with Gasteiger partial charge in [-0.1, -0.05) is 5.18 Å². The van der Waals surface area contributed by atoms with Crippen molar-refractivity contribution in [2.75, 3.05) is 13.0 Å². The van der Waals surface area contributed by atoms with E-state index in [-0.39, 0.29) is 5.88 Å². The molecule has 0 fully saturated rings. The molecule has 58 valence electrons. The van der Waals surface area contributed by atoms with Crippen molar-refractivity contribution in [3.8, 4) is 0 Å². The van der Waals surface area contributed by atoms with Gasteiger partial charge in [0.15, 0.2) is 0 Å². The molecule has 1 unspecified atom stereocenters. The lowest BCUT2D eigenvalue weighted by Crippen LogP contribution is -2.35. The second-order valence-electron chi connectivity index (χ2n) is 1.99. The van der Waals surface area contributed by atoms with Gasteiger partial charge in [0.2, 0.25) is 5.54 Å². The molecule has 5 heteroatoms. The van der Waals surface area contributed by atoms with E-state index < -0.39 is 11.5 Å². The molecule has 0 saturated carbocycles. The van der Waals surface area contributed by atoms with Crippen LogP contribution in [0.4, 0.5) is 0 Å². The quantitative estimate of drug-likeness (QED) is 0.355. The third-order valence-electron chi connectivity index (χ3n) is 1.09. The van der Waals surface area contributed by atoms with Crippen LogP contribution in [0.3, 0.4) is 0 Å². The molecule has 1 atom stereocenters. The summed E-state index contributed by atoms with van der Waals surface area (Å²) in [5.41, 5.74) is -1.43. The first-order valence-corrected chi connectivity index (χ1v) is 3.13. The van der Waals surface area contributed by atoms with Gasteiger partial charge in [0.1, 0.15) is 0 Å². The minimum Gasteiger partial charge on any atom is -0.467 e. The summed E-state index contributed by atoms with van der Waals surface area (Å²) in [6.45, 7) is 1.32. The van der Waals surface area contributed by atoms with Crippen LogP contribution >= 0.6 is 11.6 Å². The van der Waals surface area contributed by atoms with Gasteiger partial charge in [-0.15, -0.1) is 16.5 Å². The van der Waals surface area contributed by atoms with Crippen molar-refractivity contribution in [3.63, 3.8) is 0 Å². The molecule has 0 rings (SSSR count). The van der Waals surface area contributed by atoms with Crippen LogP contribution in [0.25, 0.3) is 0 Å². The minimum atomic E-state index is -1.43. The second-order valence-corrected chi connectivity index (χ2v) is 2.26. The van der Waals surface area contributed by atoms with Gasteiger partial charge in [-0.3, -0.25) is 0 Å². The maximum atomic E-state index is 10.7. The van der Waals surface area contributed by atoms with Crippen LogP contribution in [0.1, 0.15) is 6.92 Å². The van der Waals surface area contributed by atoms with E-state index in [0.29, 0.717) is 0 Å². The van der Waals surface area contributed by atoms with Gasteiger partial charge in [0.05, 0.1) is 13.0 Å². The van der Waals surface area contributed by atoms with Crippen LogP contribution < -0.4 is 0 Å². The average molecular weight is 166 g/mol. The number of nitroso groups, excluding NO2 is 1. The van der Waals surface area contributed by atoms with Crippen molar-refractivity contribution in [1.82, 2.24) is 0 Å². The fraction of sp³-hybridized carbons (Fsp3) is 0.800. The number of hydrogen-bond donors (Lipinski definition) is 0. The Morgan fingerprint density at radius 3 is 2.40 bits per heavy atom. The van der Waals surface area contributed by atoms with Gasteiger partial charge in [-0.2, -0.15) is 0 Å². The van der Waals surface area contributed by atoms with Crippen LogP contribution in [0.2, 0.25) is 0 Å². The van der Waals surface area contributed by atoms with E-state index in [1.165, 1.54) is 14.0 Å². The topological polar surface area (TPSA) is 55.7 Å². The first kappa shape index (κ1) is 9.36. The van der Waals surface area contributed by atoms with Gasteiger partial charge in [-0.25, -0.2) is 4.79 Å². The zero-order valence-electron chi connectivity index (χ0n) is 5.76. The van der Waals surface area contributed by atoms with Gasteiger partial charge >= 0.3 is 5.97 Å². The van der Waals surface area contributed by atoms with Crippen molar-refractivity contribution in [2.45, 2.75) is 12.5 Å². The predicted octanol–water partition coefficient (Wildman–Crippen LogP) is 0.923. The van der Waals surface area contributed by atoms with E-state index >= 15 is 0 Å². The number of esters is 1. The molecule has 0 radical (unpaired) electrons. The fourth-order valence-corrected chi connectivity index (χ4v) is 0.494. The SMILES string of the molecule is COC(=O)C(C)(CCl)N=O. The lowest BCUT2D eigenvalue weighted by Gasteiger charge is -2.13. The van der Waals surface area contributed by atoms with E-state index in [1.54, 1.807) is 0 Å². The molecule has 0 aliphatic carbocycles. The number of ether oxygens (including phenoxy) is 1. The smallest absolute Gasteiger partial charge is 0.338 e. The zero-order valence-corrected chi connectivity index (χ0v) is 6.51. The molecule has 0 N–H and O–H groups in total. The maximum Gasteiger partial charge on any atom is 0.338 e. The van der Waals surface area contributed by atoms with Crippen molar-refractivity contribution < 1.29 is 9.53 Å². The molecule has 0 heterocycles. The van der Waals surface area contributed by atoms with Gasteiger partial charge in [0, 0.05) is 0 Å². The van der Waals surface area contributed by atoms with E-state index in [2.05, 4.69) is 9.91 Å². The lowest BCUT2D eigenvalue weighted by molar-refractivity contribution is -0.145. The van der Waals surface area contributed by atoms with E-state index in [9.17, 15) is 9.70 Å². The predicted molar refractivity (Wildman–Crippen MR) is 36.9 cm³/mol. The monoisotopic (exact) mass is 165 g/mol. The molecule has 0 aromatic carbocycles. The van der Waals surface area contributed by atoms with Gasteiger partial charge in [0.25, 0.3) is 0 Å². The first-order chi connectivity index (χ1) is 4.60. The number of halogens is 1. The molecule has 0 bridgehead atoms. The molecule has 0 aliphatic heterocycles. The maximum absolute atomic E-state index is 10.7. The normalized spacial score (nSPS) is 15.5. The Balaban J connectivity index is 4.31.